The molecule has 0 aliphatic carbocycles. The predicted molar refractivity (Wildman–Crippen MR) is 82.0 cm³/mol. The van der Waals surface area contributed by atoms with Crippen molar-refractivity contribution < 1.29 is 24.1 Å². The number of para-hydroxylation sites is 1. The Morgan fingerprint density at radius 2 is 1.73 bits per heavy atom. The maximum absolute atomic E-state index is 10.7. The van der Waals surface area contributed by atoms with Crippen molar-refractivity contribution in [3.8, 4) is 23.0 Å². The van der Waals surface area contributed by atoms with Crippen LogP contribution in [0.2, 0.25) is 0 Å². The summed E-state index contributed by atoms with van der Waals surface area (Å²) in [5, 5.41) is 8.82. The summed E-state index contributed by atoms with van der Waals surface area (Å²) >= 11 is 0. The van der Waals surface area contributed by atoms with E-state index in [0.717, 1.165) is 5.56 Å². The molecule has 2 rings (SSSR count). The minimum Gasteiger partial charge on any atom is -0.493 e. The quantitative estimate of drug-likeness (QED) is 0.847. The molecule has 0 aliphatic heterocycles. The summed E-state index contributed by atoms with van der Waals surface area (Å²) in [6.07, 6.45) is 0.432. The molecule has 0 spiro atoms. The monoisotopic (exact) mass is 302 g/mol. The molecule has 0 amide bonds. The number of methoxy groups -OCH3 is 2. The standard InChI is InChI=1S/C17H18O5/c1-20-14-10-12(8-9-16(18)19)11-15(17(14)21-2)22-13-6-4-3-5-7-13/h3-7,10-11H,8-9H2,1-2H3,(H,18,19). The number of rotatable bonds is 7. The van der Waals surface area contributed by atoms with E-state index in [9.17, 15) is 4.79 Å². The number of aryl methyl sites for hydroxylation is 1. The van der Waals surface area contributed by atoms with E-state index >= 15 is 0 Å². The van der Waals surface area contributed by atoms with Gasteiger partial charge in [0, 0.05) is 6.42 Å². The van der Waals surface area contributed by atoms with E-state index in [2.05, 4.69) is 0 Å². The van der Waals surface area contributed by atoms with Crippen LogP contribution in [-0.4, -0.2) is 25.3 Å². The van der Waals surface area contributed by atoms with Crippen LogP contribution in [0.25, 0.3) is 0 Å². The Bertz CT molecular complexity index is 637. The number of ether oxygens (including phenoxy) is 3. The normalized spacial score (nSPS) is 10.1. The van der Waals surface area contributed by atoms with Crippen molar-refractivity contribution in [3.63, 3.8) is 0 Å². The molecule has 2 aromatic carbocycles. The van der Waals surface area contributed by atoms with Gasteiger partial charge in [0.05, 0.1) is 14.2 Å². The number of carboxylic acid groups (broad SMARTS) is 1. The fourth-order valence-electron chi connectivity index (χ4n) is 2.07. The van der Waals surface area contributed by atoms with Crippen LogP contribution in [0.15, 0.2) is 42.5 Å². The summed E-state index contributed by atoms with van der Waals surface area (Å²) in [6.45, 7) is 0. The summed E-state index contributed by atoms with van der Waals surface area (Å²) < 4.78 is 16.5. The fourth-order valence-corrected chi connectivity index (χ4v) is 2.07. The number of carboxylic acids is 1. The Hall–Kier alpha value is -2.69. The van der Waals surface area contributed by atoms with Crippen molar-refractivity contribution in [1.82, 2.24) is 0 Å². The minimum absolute atomic E-state index is 0.0419. The average molecular weight is 302 g/mol. The van der Waals surface area contributed by atoms with Crippen molar-refractivity contribution in [2.45, 2.75) is 12.8 Å². The summed E-state index contributed by atoms with van der Waals surface area (Å²) in [5.41, 5.74) is 0.811. The van der Waals surface area contributed by atoms with E-state index in [1.807, 2.05) is 30.3 Å². The third kappa shape index (κ3) is 3.91. The van der Waals surface area contributed by atoms with Crippen molar-refractivity contribution in [1.29, 1.82) is 0 Å². The molecule has 0 fully saturated rings. The van der Waals surface area contributed by atoms with Gasteiger partial charge in [-0.15, -0.1) is 0 Å². The molecule has 22 heavy (non-hydrogen) atoms. The summed E-state index contributed by atoms with van der Waals surface area (Å²) in [5.74, 6) is 1.30. The van der Waals surface area contributed by atoms with E-state index in [0.29, 0.717) is 29.4 Å². The van der Waals surface area contributed by atoms with Crippen LogP contribution in [0.4, 0.5) is 0 Å². The first kappa shape index (κ1) is 15.7. The van der Waals surface area contributed by atoms with Gasteiger partial charge in [0.2, 0.25) is 5.75 Å². The third-order valence-electron chi connectivity index (χ3n) is 3.10. The number of hydrogen-bond donors (Lipinski definition) is 1. The van der Waals surface area contributed by atoms with Crippen molar-refractivity contribution in [2.75, 3.05) is 14.2 Å². The Morgan fingerprint density at radius 3 is 2.32 bits per heavy atom. The van der Waals surface area contributed by atoms with Gasteiger partial charge in [-0.2, -0.15) is 0 Å². The fraction of sp³-hybridized carbons (Fsp3) is 0.235. The average Bonchev–Trinajstić information content (AvgIpc) is 2.53. The molecule has 5 heteroatoms. The molecule has 5 nitrogen and oxygen atoms in total. The molecule has 2 aromatic rings. The SMILES string of the molecule is COc1cc(CCC(=O)O)cc(Oc2ccccc2)c1OC. The Kier molecular flexibility index (Phi) is 5.25. The molecule has 0 aliphatic rings. The summed E-state index contributed by atoms with van der Waals surface area (Å²) in [4.78, 5) is 10.7. The van der Waals surface area contributed by atoms with Crippen LogP contribution in [0.1, 0.15) is 12.0 Å². The van der Waals surface area contributed by atoms with Crippen molar-refractivity contribution >= 4 is 5.97 Å². The molecule has 0 atom stereocenters. The van der Waals surface area contributed by atoms with Gasteiger partial charge in [-0.05, 0) is 36.2 Å². The van der Waals surface area contributed by atoms with Gasteiger partial charge in [0.15, 0.2) is 11.5 Å². The highest BCUT2D eigenvalue weighted by Crippen LogP contribution is 2.40. The van der Waals surface area contributed by atoms with Gasteiger partial charge in [-0.3, -0.25) is 4.79 Å². The van der Waals surface area contributed by atoms with Crippen LogP contribution in [0.3, 0.4) is 0 Å². The number of aliphatic carboxylic acids is 1. The Labute approximate surface area is 129 Å². The molecule has 0 radical (unpaired) electrons. The van der Waals surface area contributed by atoms with Gasteiger partial charge < -0.3 is 19.3 Å². The molecule has 0 bridgehead atoms. The third-order valence-corrected chi connectivity index (χ3v) is 3.10. The van der Waals surface area contributed by atoms with Crippen molar-refractivity contribution in [3.05, 3.63) is 48.0 Å². The van der Waals surface area contributed by atoms with Gasteiger partial charge >= 0.3 is 5.97 Å². The van der Waals surface area contributed by atoms with E-state index in [1.54, 1.807) is 12.1 Å². The molecule has 1 N–H and O–H groups in total. The zero-order chi connectivity index (χ0) is 15.9. The maximum atomic E-state index is 10.7. The van der Waals surface area contributed by atoms with Crippen LogP contribution < -0.4 is 14.2 Å². The topological polar surface area (TPSA) is 65.0 Å². The number of benzene rings is 2. The van der Waals surface area contributed by atoms with E-state index < -0.39 is 5.97 Å². The Morgan fingerprint density at radius 1 is 1.05 bits per heavy atom. The molecule has 0 unspecified atom stereocenters. The second-order valence-electron chi connectivity index (χ2n) is 4.64. The molecule has 0 saturated heterocycles. The maximum Gasteiger partial charge on any atom is 0.303 e. The number of carbonyl (C=O) groups is 1. The summed E-state index contributed by atoms with van der Waals surface area (Å²) in [7, 11) is 3.07. The molecule has 0 saturated carbocycles. The number of hydrogen-bond acceptors (Lipinski definition) is 4. The van der Waals surface area contributed by atoms with Gasteiger partial charge in [-0.1, -0.05) is 18.2 Å². The minimum atomic E-state index is -0.847. The first-order valence-corrected chi connectivity index (χ1v) is 6.83. The largest absolute Gasteiger partial charge is 0.493 e. The molecule has 0 heterocycles. The van der Waals surface area contributed by atoms with Crippen molar-refractivity contribution in [2.24, 2.45) is 0 Å². The highest BCUT2D eigenvalue weighted by Gasteiger charge is 2.15. The lowest BCUT2D eigenvalue weighted by Crippen LogP contribution is -2.00. The van der Waals surface area contributed by atoms with E-state index in [1.165, 1.54) is 14.2 Å². The first-order chi connectivity index (χ1) is 10.6. The Balaban J connectivity index is 2.35. The molecular formula is C17H18O5. The van der Waals surface area contributed by atoms with Crippen LogP contribution in [0.5, 0.6) is 23.0 Å². The lowest BCUT2D eigenvalue weighted by molar-refractivity contribution is -0.136. The first-order valence-electron chi connectivity index (χ1n) is 6.83. The zero-order valence-electron chi connectivity index (χ0n) is 12.5. The predicted octanol–water partition coefficient (Wildman–Crippen LogP) is 3.51. The van der Waals surface area contributed by atoms with Crippen LogP contribution >= 0.6 is 0 Å². The van der Waals surface area contributed by atoms with E-state index in [4.69, 9.17) is 19.3 Å². The highest BCUT2D eigenvalue weighted by molar-refractivity contribution is 5.67. The lowest BCUT2D eigenvalue weighted by atomic mass is 10.1. The second kappa shape index (κ2) is 7.36. The molecule has 0 aromatic heterocycles. The molecule has 116 valence electrons. The second-order valence-corrected chi connectivity index (χ2v) is 4.64. The molecular weight excluding hydrogens is 284 g/mol. The van der Waals surface area contributed by atoms with E-state index in [-0.39, 0.29) is 6.42 Å². The summed E-state index contributed by atoms with van der Waals surface area (Å²) in [6, 6.07) is 12.8. The lowest BCUT2D eigenvalue weighted by Gasteiger charge is -2.15. The zero-order valence-corrected chi connectivity index (χ0v) is 12.5. The van der Waals surface area contributed by atoms with Crippen LogP contribution in [-0.2, 0) is 11.2 Å². The van der Waals surface area contributed by atoms with Gasteiger partial charge in [-0.25, -0.2) is 0 Å². The highest BCUT2D eigenvalue weighted by atomic mass is 16.5. The smallest absolute Gasteiger partial charge is 0.303 e. The van der Waals surface area contributed by atoms with Crippen LogP contribution in [0, 0.1) is 0 Å². The van der Waals surface area contributed by atoms with Gasteiger partial charge in [0.25, 0.3) is 0 Å². The van der Waals surface area contributed by atoms with Gasteiger partial charge in [0.1, 0.15) is 5.75 Å².